The summed E-state index contributed by atoms with van der Waals surface area (Å²) < 4.78 is 1.02. The SMILES string of the molecule is N#CCC(=O)Nc1csc2cccnc12. The summed E-state index contributed by atoms with van der Waals surface area (Å²) in [4.78, 5) is 15.4. The van der Waals surface area contributed by atoms with Crippen molar-refractivity contribution in [1.82, 2.24) is 4.98 Å². The van der Waals surface area contributed by atoms with Gasteiger partial charge in [0, 0.05) is 11.6 Å². The predicted molar refractivity (Wildman–Crippen MR) is 58.5 cm³/mol. The maximum absolute atomic E-state index is 11.2. The Bertz CT molecular complexity index is 541. The lowest BCUT2D eigenvalue weighted by Crippen LogP contribution is -2.09. The van der Waals surface area contributed by atoms with Crippen LogP contribution in [0.1, 0.15) is 6.42 Å². The average molecular weight is 217 g/mol. The van der Waals surface area contributed by atoms with Gasteiger partial charge in [0.05, 0.1) is 16.5 Å². The highest BCUT2D eigenvalue weighted by Gasteiger charge is 2.07. The van der Waals surface area contributed by atoms with Crippen LogP contribution in [0, 0.1) is 11.3 Å². The molecule has 1 amide bonds. The van der Waals surface area contributed by atoms with Crippen molar-refractivity contribution >= 4 is 33.1 Å². The van der Waals surface area contributed by atoms with Gasteiger partial charge in [-0.2, -0.15) is 5.26 Å². The number of amides is 1. The predicted octanol–water partition coefficient (Wildman–Crippen LogP) is 2.15. The van der Waals surface area contributed by atoms with Crippen LogP contribution in [0.25, 0.3) is 10.2 Å². The Hall–Kier alpha value is -1.93. The number of rotatable bonds is 2. The number of thiophene rings is 1. The molecule has 74 valence electrons. The molecule has 0 aliphatic carbocycles. The Kier molecular flexibility index (Phi) is 2.61. The van der Waals surface area contributed by atoms with Gasteiger partial charge < -0.3 is 5.32 Å². The fraction of sp³-hybridized carbons (Fsp3) is 0.100. The highest BCUT2D eigenvalue weighted by Crippen LogP contribution is 2.27. The molecule has 0 aliphatic heterocycles. The second-order valence-corrected chi connectivity index (χ2v) is 3.79. The van der Waals surface area contributed by atoms with E-state index in [9.17, 15) is 4.79 Å². The maximum atomic E-state index is 11.2. The monoisotopic (exact) mass is 217 g/mol. The third-order valence-corrected chi connectivity index (χ3v) is 2.78. The Morgan fingerprint density at radius 3 is 3.33 bits per heavy atom. The fourth-order valence-electron chi connectivity index (χ4n) is 1.22. The van der Waals surface area contributed by atoms with E-state index >= 15 is 0 Å². The van der Waals surface area contributed by atoms with E-state index in [4.69, 9.17) is 5.26 Å². The summed E-state index contributed by atoms with van der Waals surface area (Å²) in [6, 6.07) is 5.58. The van der Waals surface area contributed by atoms with Crippen molar-refractivity contribution in [2.24, 2.45) is 0 Å². The van der Waals surface area contributed by atoms with Crippen molar-refractivity contribution < 1.29 is 4.79 Å². The van der Waals surface area contributed by atoms with Gasteiger partial charge in [0.25, 0.3) is 0 Å². The van der Waals surface area contributed by atoms with Crippen molar-refractivity contribution in [3.05, 3.63) is 23.7 Å². The number of pyridine rings is 1. The molecule has 0 fully saturated rings. The largest absolute Gasteiger partial charge is 0.323 e. The summed E-state index contributed by atoms with van der Waals surface area (Å²) in [5.74, 6) is -0.303. The van der Waals surface area contributed by atoms with Crippen LogP contribution in [0.15, 0.2) is 23.7 Å². The number of nitrogens with zero attached hydrogens (tertiary/aromatic N) is 2. The quantitative estimate of drug-likeness (QED) is 0.838. The molecule has 0 bridgehead atoms. The van der Waals surface area contributed by atoms with Crippen LogP contribution in [-0.2, 0) is 4.79 Å². The van der Waals surface area contributed by atoms with Crippen molar-refractivity contribution in [1.29, 1.82) is 5.26 Å². The summed E-state index contributed by atoms with van der Waals surface area (Å²) in [5, 5.41) is 12.8. The zero-order chi connectivity index (χ0) is 10.7. The summed E-state index contributed by atoms with van der Waals surface area (Å²) in [6.45, 7) is 0. The van der Waals surface area contributed by atoms with E-state index in [0.29, 0.717) is 5.69 Å². The van der Waals surface area contributed by atoms with Gasteiger partial charge in [-0.25, -0.2) is 0 Å². The van der Waals surface area contributed by atoms with Crippen LogP contribution in [0.5, 0.6) is 0 Å². The molecule has 0 radical (unpaired) electrons. The van der Waals surface area contributed by atoms with E-state index < -0.39 is 0 Å². The molecule has 15 heavy (non-hydrogen) atoms. The first-order valence-electron chi connectivity index (χ1n) is 4.30. The Labute approximate surface area is 90.2 Å². The molecule has 0 saturated heterocycles. The molecule has 2 rings (SSSR count). The molecule has 0 spiro atoms. The lowest BCUT2D eigenvalue weighted by atomic mass is 10.3. The van der Waals surface area contributed by atoms with E-state index in [1.165, 1.54) is 11.3 Å². The molecular weight excluding hydrogens is 210 g/mol. The fourth-order valence-corrected chi connectivity index (χ4v) is 2.07. The van der Waals surface area contributed by atoms with E-state index in [-0.39, 0.29) is 12.3 Å². The number of hydrogen-bond acceptors (Lipinski definition) is 4. The minimum atomic E-state index is -0.303. The molecule has 0 atom stereocenters. The zero-order valence-corrected chi connectivity index (χ0v) is 8.54. The summed E-state index contributed by atoms with van der Waals surface area (Å²) in [6.07, 6.45) is 1.54. The number of hydrogen-bond donors (Lipinski definition) is 1. The topological polar surface area (TPSA) is 65.8 Å². The minimum absolute atomic E-state index is 0.135. The van der Waals surface area contributed by atoms with Gasteiger partial charge in [0.2, 0.25) is 5.91 Å². The summed E-state index contributed by atoms with van der Waals surface area (Å²) in [5.41, 5.74) is 1.45. The van der Waals surface area contributed by atoms with Crippen molar-refractivity contribution in [2.45, 2.75) is 6.42 Å². The lowest BCUT2D eigenvalue weighted by Gasteiger charge is -1.98. The van der Waals surface area contributed by atoms with Crippen LogP contribution in [0.4, 0.5) is 5.69 Å². The van der Waals surface area contributed by atoms with Gasteiger partial charge in [-0.15, -0.1) is 11.3 Å². The number of carbonyl (C=O) groups is 1. The van der Waals surface area contributed by atoms with Crippen molar-refractivity contribution in [3.63, 3.8) is 0 Å². The standard InChI is InChI=1S/C10H7N3OS/c11-4-3-9(14)13-7-6-15-8-2-1-5-12-10(7)8/h1-2,5-6H,3H2,(H,13,14). The van der Waals surface area contributed by atoms with E-state index in [2.05, 4.69) is 10.3 Å². The van der Waals surface area contributed by atoms with Crippen LogP contribution in [0.3, 0.4) is 0 Å². The minimum Gasteiger partial charge on any atom is -0.323 e. The molecule has 0 saturated carbocycles. The normalized spacial score (nSPS) is 9.80. The van der Waals surface area contributed by atoms with Crippen molar-refractivity contribution in [3.8, 4) is 6.07 Å². The van der Waals surface area contributed by atoms with Gasteiger partial charge in [0.1, 0.15) is 11.9 Å². The van der Waals surface area contributed by atoms with Crippen LogP contribution < -0.4 is 5.32 Å². The molecule has 0 aliphatic rings. The maximum Gasteiger partial charge on any atom is 0.238 e. The first-order chi connectivity index (χ1) is 7.31. The number of aromatic nitrogens is 1. The molecule has 0 unspecified atom stereocenters. The smallest absolute Gasteiger partial charge is 0.238 e. The Balaban J connectivity index is 2.29. The van der Waals surface area contributed by atoms with Gasteiger partial charge in [0.15, 0.2) is 0 Å². The van der Waals surface area contributed by atoms with E-state index in [1.54, 1.807) is 12.3 Å². The molecular formula is C10H7N3OS. The molecule has 4 nitrogen and oxygen atoms in total. The van der Waals surface area contributed by atoms with Crippen molar-refractivity contribution in [2.75, 3.05) is 5.32 Å². The molecule has 2 aromatic heterocycles. The third kappa shape index (κ3) is 1.95. The Morgan fingerprint density at radius 1 is 1.67 bits per heavy atom. The highest BCUT2D eigenvalue weighted by atomic mass is 32.1. The van der Waals surface area contributed by atoms with Crippen LogP contribution in [0.2, 0.25) is 0 Å². The first kappa shape index (κ1) is 9.62. The molecule has 5 heteroatoms. The zero-order valence-electron chi connectivity index (χ0n) is 7.73. The summed E-state index contributed by atoms with van der Waals surface area (Å²) in [7, 11) is 0. The number of nitrogens with one attached hydrogen (secondary N) is 1. The van der Waals surface area contributed by atoms with E-state index in [0.717, 1.165) is 10.2 Å². The number of fused-ring (bicyclic) bond motifs is 1. The lowest BCUT2D eigenvalue weighted by molar-refractivity contribution is -0.115. The average Bonchev–Trinajstić information content (AvgIpc) is 2.62. The molecule has 0 aromatic carbocycles. The molecule has 1 N–H and O–H groups in total. The van der Waals surface area contributed by atoms with Gasteiger partial charge in [-0.1, -0.05) is 0 Å². The number of anilines is 1. The van der Waals surface area contributed by atoms with Gasteiger partial charge >= 0.3 is 0 Å². The summed E-state index contributed by atoms with van der Waals surface area (Å²) >= 11 is 1.51. The van der Waals surface area contributed by atoms with Gasteiger partial charge in [-0.3, -0.25) is 9.78 Å². The molecule has 2 heterocycles. The second kappa shape index (κ2) is 4.07. The third-order valence-electron chi connectivity index (χ3n) is 1.84. The molecule has 2 aromatic rings. The van der Waals surface area contributed by atoms with Crippen LogP contribution >= 0.6 is 11.3 Å². The first-order valence-corrected chi connectivity index (χ1v) is 5.18. The van der Waals surface area contributed by atoms with Gasteiger partial charge in [-0.05, 0) is 12.1 Å². The highest BCUT2D eigenvalue weighted by molar-refractivity contribution is 7.17. The number of carbonyl (C=O) groups excluding carboxylic acids is 1. The number of nitriles is 1. The Morgan fingerprint density at radius 2 is 2.53 bits per heavy atom. The van der Waals surface area contributed by atoms with Crippen LogP contribution in [-0.4, -0.2) is 10.9 Å². The second-order valence-electron chi connectivity index (χ2n) is 2.88. The van der Waals surface area contributed by atoms with E-state index in [1.807, 2.05) is 17.5 Å².